The van der Waals surface area contributed by atoms with E-state index in [0.29, 0.717) is 0 Å². The summed E-state index contributed by atoms with van der Waals surface area (Å²) in [7, 11) is 0. The lowest BCUT2D eigenvalue weighted by molar-refractivity contribution is 0.664. The van der Waals surface area contributed by atoms with Crippen molar-refractivity contribution in [3.05, 3.63) is 12.7 Å². The van der Waals surface area contributed by atoms with Gasteiger partial charge in [0.15, 0.2) is 0 Å². The molecule has 0 rings (SSSR count). The van der Waals surface area contributed by atoms with Gasteiger partial charge < -0.3 is 0 Å². The molecule has 0 aliphatic rings. The SMILES string of the molecule is C=CCC(C)C.CC.CCCCC. The lowest BCUT2D eigenvalue weighted by atomic mass is 10.1. The lowest BCUT2D eigenvalue weighted by Crippen LogP contribution is -1.78. The Balaban J connectivity index is -0.000000131. The first-order valence-electron chi connectivity index (χ1n) is 5.79. The highest BCUT2D eigenvalue weighted by molar-refractivity contribution is 4.67. The van der Waals surface area contributed by atoms with Crippen molar-refractivity contribution >= 4 is 0 Å². The molecule has 0 atom stereocenters. The molecular formula is C13H30. The van der Waals surface area contributed by atoms with Crippen molar-refractivity contribution in [1.82, 2.24) is 0 Å². The first-order valence-corrected chi connectivity index (χ1v) is 5.79. The first kappa shape index (κ1) is 18.5. The smallest absolute Gasteiger partial charge is 0.0330 e. The summed E-state index contributed by atoms with van der Waals surface area (Å²) in [4.78, 5) is 0. The van der Waals surface area contributed by atoms with Crippen LogP contribution in [0.15, 0.2) is 12.7 Å². The Morgan fingerprint density at radius 3 is 1.46 bits per heavy atom. The Kier molecular flexibility index (Phi) is 32.2. The quantitative estimate of drug-likeness (QED) is 0.513. The molecule has 0 bridgehead atoms. The molecule has 0 aromatic heterocycles. The Bertz CT molecular complexity index is 60.4. The fourth-order valence-electron chi connectivity index (χ4n) is 0.687. The molecule has 0 aliphatic heterocycles. The molecule has 0 radical (unpaired) electrons. The van der Waals surface area contributed by atoms with E-state index in [2.05, 4.69) is 34.3 Å². The summed E-state index contributed by atoms with van der Waals surface area (Å²) < 4.78 is 0. The average molecular weight is 186 g/mol. The fraction of sp³-hybridized carbons (Fsp3) is 0.846. The average Bonchev–Trinajstić information content (AvgIpc) is 2.10. The summed E-state index contributed by atoms with van der Waals surface area (Å²) >= 11 is 0. The zero-order valence-electron chi connectivity index (χ0n) is 10.7. The third kappa shape index (κ3) is 49.6. The molecule has 0 aliphatic carbocycles. The molecule has 0 aromatic carbocycles. The molecule has 0 N–H and O–H groups in total. The van der Waals surface area contributed by atoms with Crippen LogP contribution in [0.25, 0.3) is 0 Å². The van der Waals surface area contributed by atoms with Gasteiger partial charge in [-0.3, -0.25) is 0 Å². The third-order valence-electron chi connectivity index (χ3n) is 1.35. The molecule has 82 valence electrons. The number of unbranched alkanes of at least 4 members (excludes halogenated alkanes) is 2. The summed E-state index contributed by atoms with van der Waals surface area (Å²) in [6.07, 6.45) is 7.16. The largest absolute Gasteiger partial charge is 0.103 e. The molecule has 0 unspecified atom stereocenters. The minimum absolute atomic E-state index is 0.780. The van der Waals surface area contributed by atoms with Crippen molar-refractivity contribution in [3.63, 3.8) is 0 Å². The predicted molar refractivity (Wildman–Crippen MR) is 66.2 cm³/mol. The van der Waals surface area contributed by atoms with Crippen molar-refractivity contribution < 1.29 is 0 Å². The highest BCUT2D eigenvalue weighted by Gasteiger charge is 1.82. The molecule has 0 saturated heterocycles. The number of hydrogen-bond acceptors (Lipinski definition) is 0. The van der Waals surface area contributed by atoms with Crippen molar-refractivity contribution in [2.24, 2.45) is 5.92 Å². The monoisotopic (exact) mass is 186 g/mol. The minimum Gasteiger partial charge on any atom is -0.103 e. The van der Waals surface area contributed by atoms with Crippen molar-refractivity contribution in [1.29, 1.82) is 0 Å². The van der Waals surface area contributed by atoms with Crippen molar-refractivity contribution in [3.8, 4) is 0 Å². The minimum atomic E-state index is 0.780. The third-order valence-corrected chi connectivity index (χ3v) is 1.35. The van der Waals surface area contributed by atoms with E-state index in [1.807, 2.05) is 19.9 Å². The normalized spacial score (nSPS) is 7.92. The Hall–Kier alpha value is -0.260. The van der Waals surface area contributed by atoms with Gasteiger partial charge >= 0.3 is 0 Å². The van der Waals surface area contributed by atoms with E-state index >= 15 is 0 Å². The first-order chi connectivity index (χ1) is 6.18. The molecular weight excluding hydrogens is 156 g/mol. The van der Waals surface area contributed by atoms with Crippen LogP contribution in [0.1, 0.15) is 67.2 Å². The maximum Gasteiger partial charge on any atom is -0.0330 e. The van der Waals surface area contributed by atoms with E-state index in [1.165, 1.54) is 19.3 Å². The zero-order chi connectivity index (χ0) is 11.1. The second-order valence-electron chi connectivity index (χ2n) is 3.27. The Morgan fingerprint density at radius 1 is 1.08 bits per heavy atom. The maximum atomic E-state index is 3.60. The molecule has 0 heteroatoms. The second-order valence-corrected chi connectivity index (χ2v) is 3.27. The van der Waals surface area contributed by atoms with Crippen molar-refractivity contribution in [2.75, 3.05) is 0 Å². The van der Waals surface area contributed by atoms with Crippen LogP contribution in [0.2, 0.25) is 0 Å². The number of hydrogen-bond donors (Lipinski definition) is 0. The Morgan fingerprint density at radius 2 is 1.46 bits per heavy atom. The highest BCUT2D eigenvalue weighted by Crippen LogP contribution is 1.96. The van der Waals surface area contributed by atoms with Crippen LogP contribution in [0, 0.1) is 5.92 Å². The lowest BCUT2D eigenvalue weighted by Gasteiger charge is -1.92. The van der Waals surface area contributed by atoms with Gasteiger partial charge in [-0.15, -0.1) is 6.58 Å². The van der Waals surface area contributed by atoms with Crippen LogP contribution in [0.4, 0.5) is 0 Å². The van der Waals surface area contributed by atoms with Gasteiger partial charge in [-0.1, -0.05) is 66.9 Å². The summed E-state index contributed by atoms with van der Waals surface area (Å²) in [5.74, 6) is 0.780. The van der Waals surface area contributed by atoms with Crippen molar-refractivity contribution in [2.45, 2.75) is 67.2 Å². The van der Waals surface area contributed by atoms with Crippen LogP contribution < -0.4 is 0 Å². The summed E-state index contributed by atoms with van der Waals surface area (Å²) in [5, 5.41) is 0. The standard InChI is InChI=1S/C6H12.C5H12.C2H6/c1-4-5-6(2)3;1-3-5-4-2;1-2/h4,6H,1,5H2,2-3H3;3-5H2,1-2H3;1-2H3. The van der Waals surface area contributed by atoms with Crippen LogP contribution >= 0.6 is 0 Å². The molecule has 0 spiro atoms. The van der Waals surface area contributed by atoms with E-state index in [1.54, 1.807) is 0 Å². The van der Waals surface area contributed by atoms with Crippen LogP contribution in [0.5, 0.6) is 0 Å². The number of rotatable bonds is 4. The van der Waals surface area contributed by atoms with Gasteiger partial charge in [-0.05, 0) is 12.3 Å². The van der Waals surface area contributed by atoms with Crippen LogP contribution in [-0.4, -0.2) is 0 Å². The van der Waals surface area contributed by atoms with E-state index < -0.39 is 0 Å². The molecule has 13 heavy (non-hydrogen) atoms. The van der Waals surface area contributed by atoms with E-state index in [0.717, 1.165) is 12.3 Å². The van der Waals surface area contributed by atoms with Gasteiger partial charge in [0.05, 0.1) is 0 Å². The van der Waals surface area contributed by atoms with Gasteiger partial charge in [0.25, 0.3) is 0 Å². The van der Waals surface area contributed by atoms with Gasteiger partial charge in [-0.25, -0.2) is 0 Å². The molecule has 0 nitrogen and oxygen atoms in total. The molecule has 0 amide bonds. The molecule has 0 heterocycles. The van der Waals surface area contributed by atoms with Gasteiger partial charge in [0, 0.05) is 0 Å². The Labute approximate surface area is 86.4 Å². The summed E-state index contributed by atoms with van der Waals surface area (Å²) in [6, 6.07) is 0. The summed E-state index contributed by atoms with van der Waals surface area (Å²) in [5.41, 5.74) is 0. The predicted octanol–water partition coefficient (Wildman–Crippen LogP) is 5.44. The van der Waals surface area contributed by atoms with Crippen LogP contribution in [0.3, 0.4) is 0 Å². The van der Waals surface area contributed by atoms with E-state index in [9.17, 15) is 0 Å². The zero-order valence-corrected chi connectivity index (χ0v) is 10.7. The van der Waals surface area contributed by atoms with Gasteiger partial charge in [0.2, 0.25) is 0 Å². The number of allylic oxidation sites excluding steroid dienone is 1. The van der Waals surface area contributed by atoms with E-state index in [4.69, 9.17) is 0 Å². The molecule has 0 fully saturated rings. The van der Waals surface area contributed by atoms with Gasteiger partial charge in [-0.2, -0.15) is 0 Å². The maximum absolute atomic E-state index is 3.60. The van der Waals surface area contributed by atoms with Gasteiger partial charge in [0.1, 0.15) is 0 Å². The second kappa shape index (κ2) is 22.6. The highest BCUT2D eigenvalue weighted by atomic mass is 13.9. The van der Waals surface area contributed by atoms with E-state index in [-0.39, 0.29) is 0 Å². The topological polar surface area (TPSA) is 0 Å². The molecule has 0 aromatic rings. The molecule has 0 saturated carbocycles. The summed E-state index contributed by atoms with van der Waals surface area (Å²) in [6.45, 7) is 16.4. The van der Waals surface area contributed by atoms with Crippen LogP contribution in [-0.2, 0) is 0 Å². The fourth-order valence-corrected chi connectivity index (χ4v) is 0.687.